The van der Waals surface area contributed by atoms with Gasteiger partial charge in [-0.1, -0.05) is 19.1 Å². The molecule has 0 saturated carbocycles. The van der Waals surface area contributed by atoms with Crippen molar-refractivity contribution in [3.63, 3.8) is 0 Å². The molecule has 1 unspecified atom stereocenters. The maximum atomic E-state index is 5.27. The van der Waals surface area contributed by atoms with E-state index >= 15 is 0 Å². The number of nitrogens with zero attached hydrogens (tertiary/aromatic N) is 1. The highest BCUT2D eigenvalue weighted by atomic mass is 16.5. The van der Waals surface area contributed by atoms with Crippen molar-refractivity contribution in [2.75, 3.05) is 33.3 Å². The first-order chi connectivity index (χ1) is 9.31. The second-order valence-electron chi connectivity index (χ2n) is 5.29. The molecule has 106 valence electrons. The molecule has 0 aromatic heterocycles. The standard InChI is InChI=1S/C16H26N2O/c1-3-15-8-11-18(12-9-17-15)10-7-14-5-4-6-16(13-14)19-2/h4-6,13,15,17H,3,7-12H2,1-2H3. The van der Waals surface area contributed by atoms with Gasteiger partial charge in [0.25, 0.3) is 0 Å². The molecule has 0 spiro atoms. The lowest BCUT2D eigenvalue weighted by atomic mass is 10.1. The number of benzene rings is 1. The molecular weight excluding hydrogens is 236 g/mol. The second-order valence-corrected chi connectivity index (χ2v) is 5.29. The van der Waals surface area contributed by atoms with Crippen LogP contribution in [0.3, 0.4) is 0 Å². The summed E-state index contributed by atoms with van der Waals surface area (Å²) >= 11 is 0. The summed E-state index contributed by atoms with van der Waals surface area (Å²) in [5.74, 6) is 0.959. The van der Waals surface area contributed by atoms with Gasteiger partial charge in [-0.15, -0.1) is 0 Å². The monoisotopic (exact) mass is 262 g/mol. The Morgan fingerprint density at radius 2 is 2.26 bits per heavy atom. The Labute approximate surface area is 116 Å². The topological polar surface area (TPSA) is 24.5 Å². The largest absolute Gasteiger partial charge is 0.497 e. The van der Waals surface area contributed by atoms with Crippen molar-refractivity contribution in [1.29, 1.82) is 0 Å². The van der Waals surface area contributed by atoms with Gasteiger partial charge in [-0.3, -0.25) is 0 Å². The number of hydrogen-bond acceptors (Lipinski definition) is 3. The number of methoxy groups -OCH3 is 1. The first-order valence-electron chi connectivity index (χ1n) is 7.40. The lowest BCUT2D eigenvalue weighted by molar-refractivity contribution is 0.293. The van der Waals surface area contributed by atoms with Crippen LogP contribution in [0.25, 0.3) is 0 Å². The molecule has 19 heavy (non-hydrogen) atoms. The molecule has 0 amide bonds. The Kier molecular flexibility index (Phi) is 5.67. The van der Waals surface area contributed by atoms with E-state index in [0.717, 1.165) is 25.3 Å². The highest BCUT2D eigenvalue weighted by Gasteiger charge is 2.14. The zero-order chi connectivity index (χ0) is 13.5. The van der Waals surface area contributed by atoms with Gasteiger partial charge < -0.3 is 15.0 Å². The predicted molar refractivity (Wildman–Crippen MR) is 79.8 cm³/mol. The number of nitrogens with one attached hydrogen (secondary N) is 1. The third-order valence-electron chi connectivity index (χ3n) is 4.00. The van der Waals surface area contributed by atoms with Crippen molar-refractivity contribution in [2.24, 2.45) is 0 Å². The highest BCUT2D eigenvalue weighted by molar-refractivity contribution is 5.28. The van der Waals surface area contributed by atoms with Gasteiger partial charge in [-0.25, -0.2) is 0 Å². The zero-order valence-electron chi connectivity index (χ0n) is 12.2. The Balaban J connectivity index is 1.81. The first kappa shape index (κ1) is 14.4. The molecule has 0 aliphatic carbocycles. The SMILES string of the molecule is CCC1CCN(CCc2cccc(OC)c2)CCN1. The summed E-state index contributed by atoms with van der Waals surface area (Å²) in [5, 5.41) is 3.62. The normalized spacial score (nSPS) is 21.1. The fraction of sp³-hybridized carbons (Fsp3) is 0.625. The molecule has 1 atom stereocenters. The molecule has 1 aliphatic heterocycles. The molecule has 0 bridgehead atoms. The Morgan fingerprint density at radius 3 is 3.05 bits per heavy atom. The quantitative estimate of drug-likeness (QED) is 0.881. The van der Waals surface area contributed by atoms with Gasteiger partial charge in [0.1, 0.15) is 5.75 Å². The van der Waals surface area contributed by atoms with Crippen molar-refractivity contribution < 1.29 is 4.74 Å². The molecule has 0 radical (unpaired) electrons. The van der Waals surface area contributed by atoms with Crippen LogP contribution in [0.5, 0.6) is 5.75 Å². The summed E-state index contributed by atoms with van der Waals surface area (Å²) in [6.45, 7) is 6.92. The second kappa shape index (κ2) is 7.51. The van der Waals surface area contributed by atoms with Crippen molar-refractivity contribution in [2.45, 2.75) is 32.2 Å². The van der Waals surface area contributed by atoms with E-state index in [2.05, 4.69) is 35.3 Å². The minimum Gasteiger partial charge on any atom is -0.497 e. The Bertz CT molecular complexity index is 381. The lowest BCUT2D eigenvalue weighted by Gasteiger charge is -2.19. The first-order valence-corrected chi connectivity index (χ1v) is 7.40. The number of rotatable bonds is 5. The van der Waals surface area contributed by atoms with Crippen molar-refractivity contribution in [1.82, 2.24) is 10.2 Å². The molecule has 3 nitrogen and oxygen atoms in total. The number of ether oxygens (including phenoxy) is 1. The molecule has 1 N–H and O–H groups in total. The van der Waals surface area contributed by atoms with Crippen molar-refractivity contribution in [3.8, 4) is 5.75 Å². The summed E-state index contributed by atoms with van der Waals surface area (Å²) < 4.78 is 5.27. The van der Waals surface area contributed by atoms with E-state index in [0.29, 0.717) is 6.04 Å². The fourth-order valence-electron chi connectivity index (χ4n) is 2.67. The summed E-state index contributed by atoms with van der Waals surface area (Å²) in [5.41, 5.74) is 1.36. The number of hydrogen-bond donors (Lipinski definition) is 1. The van der Waals surface area contributed by atoms with Crippen LogP contribution in [0.15, 0.2) is 24.3 Å². The van der Waals surface area contributed by atoms with Gasteiger partial charge in [0.15, 0.2) is 0 Å². The predicted octanol–water partition coefficient (Wildman–Crippen LogP) is 2.31. The molecule has 1 aromatic rings. The van der Waals surface area contributed by atoms with Gasteiger partial charge in [0.05, 0.1) is 7.11 Å². The maximum absolute atomic E-state index is 5.27. The Hall–Kier alpha value is -1.06. The third kappa shape index (κ3) is 4.51. The summed E-state index contributed by atoms with van der Waals surface area (Å²) in [4.78, 5) is 2.57. The zero-order valence-corrected chi connectivity index (χ0v) is 12.2. The summed E-state index contributed by atoms with van der Waals surface area (Å²) in [6, 6.07) is 9.12. The molecule has 1 heterocycles. The van der Waals surface area contributed by atoms with E-state index in [9.17, 15) is 0 Å². The van der Waals surface area contributed by atoms with E-state index in [1.54, 1.807) is 7.11 Å². The van der Waals surface area contributed by atoms with Crippen LogP contribution in [-0.4, -0.2) is 44.2 Å². The molecule has 1 fully saturated rings. The van der Waals surface area contributed by atoms with Crippen molar-refractivity contribution >= 4 is 0 Å². The van der Waals surface area contributed by atoms with E-state index in [1.807, 2.05) is 6.07 Å². The fourth-order valence-corrected chi connectivity index (χ4v) is 2.67. The smallest absolute Gasteiger partial charge is 0.119 e. The lowest BCUT2D eigenvalue weighted by Crippen LogP contribution is -2.31. The molecule has 3 heteroatoms. The molecule has 1 aromatic carbocycles. The van der Waals surface area contributed by atoms with Crippen molar-refractivity contribution in [3.05, 3.63) is 29.8 Å². The van der Waals surface area contributed by atoms with Crippen LogP contribution in [-0.2, 0) is 6.42 Å². The van der Waals surface area contributed by atoms with Gasteiger partial charge in [-0.05, 0) is 43.5 Å². The molecule has 1 aliphatic rings. The van der Waals surface area contributed by atoms with Gasteiger partial charge in [0, 0.05) is 25.7 Å². The third-order valence-corrected chi connectivity index (χ3v) is 4.00. The van der Waals surface area contributed by atoms with Gasteiger partial charge in [0.2, 0.25) is 0 Å². The van der Waals surface area contributed by atoms with E-state index in [-0.39, 0.29) is 0 Å². The van der Waals surface area contributed by atoms with Gasteiger partial charge >= 0.3 is 0 Å². The van der Waals surface area contributed by atoms with Crippen LogP contribution >= 0.6 is 0 Å². The average molecular weight is 262 g/mol. The molecule has 1 saturated heterocycles. The van der Waals surface area contributed by atoms with E-state index < -0.39 is 0 Å². The average Bonchev–Trinajstić information content (AvgIpc) is 2.70. The highest BCUT2D eigenvalue weighted by Crippen LogP contribution is 2.13. The minimum absolute atomic E-state index is 0.710. The van der Waals surface area contributed by atoms with Gasteiger partial charge in [-0.2, -0.15) is 0 Å². The van der Waals surface area contributed by atoms with Crippen LogP contribution in [0.4, 0.5) is 0 Å². The van der Waals surface area contributed by atoms with E-state index in [1.165, 1.54) is 31.5 Å². The maximum Gasteiger partial charge on any atom is 0.119 e. The molecule has 2 rings (SSSR count). The minimum atomic E-state index is 0.710. The van der Waals surface area contributed by atoms with Crippen LogP contribution in [0.1, 0.15) is 25.3 Å². The Morgan fingerprint density at radius 1 is 1.37 bits per heavy atom. The van der Waals surface area contributed by atoms with Crippen LogP contribution < -0.4 is 10.1 Å². The van der Waals surface area contributed by atoms with Crippen LogP contribution in [0.2, 0.25) is 0 Å². The van der Waals surface area contributed by atoms with E-state index in [4.69, 9.17) is 4.74 Å². The summed E-state index contributed by atoms with van der Waals surface area (Å²) in [7, 11) is 1.73. The molecular formula is C16H26N2O. The van der Waals surface area contributed by atoms with Crippen LogP contribution in [0, 0.1) is 0 Å². The summed E-state index contributed by atoms with van der Waals surface area (Å²) in [6.07, 6.45) is 3.62.